The van der Waals surface area contributed by atoms with Crippen molar-refractivity contribution in [1.82, 2.24) is 9.99 Å². The van der Waals surface area contributed by atoms with Gasteiger partial charge in [-0.2, -0.15) is 10.4 Å². The van der Waals surface area contributed by atoms with Crippen LogP contribution < -0.4 is 11.0 Å². The lowest BCUT2D eigenvalue weighted by Crippen LogP contribution is -2.33. The number of nitrogens with one attached hydrogen (secondary N) is 1. The van der Waals surface area contributed by atoms with Gasteiger partial charge in [-0.25, -0.2) is 5.43 Å². The van der Waals surface area contributed by atoms with Crippen LogP contribution in [0.4, 0.5) is 5.69 Å². The highest BCUT2D eigenvalue weighted by molar-refractivity contribution is 7.99. The molecule has 0 radical (unpaired) electrons. The Kier molecular flexibility index (Phi) is 8.97. The SMILES string of the molecule is COCc1cc(C)n(CC(=O)NN=Cc2ccc(Sc3ccc(Cl)cc3)c([N+](=O)[O-])c2)c(=O)c1C#N. The summed E-state index contributed by atoms with van der Waals surface area (Å²) in [5, 5.41) is 25.3. The number of aromatic nitrogens is 1. The van der Waals surface area contributed by atoms with Gasteiger partial charge >= 0.3 is 0 Å². The predicted octanol–water partition coefficient (Wildman–Crippen LogP) is 4.04. The molecule has 0 unspecified atom stereocenters. The maximum Gasteiger partial charge on any atom is 0.283 e. The third-order valence-corrected chi connectivity index (χ3v) is 6.25. The van der Waals surface area contributed by atoms with Gasteiger partial charge in [-0.1, -0.05) is 29.4 Å². The summed E-state index contributed by atoms with van der Waals surface area (Å²) in [5.74, 6) is -0.607. The zero-order valence-corrected chi connectivity index (χ0v) is 20.8. The number of hydrogen-bond donors (Lipinski definition) is 1. The van der Waals surface area contributed by atoms with Crippen LogP contribution in [0.2, 0.25) is 5.02 Å². The number of ether oxygens (including phenoxy) is 1. The molecule has 0 bridgehead atoms. The van der Waals surface area contributed by atoms with Crippen LogP contribution in [-0.4, -0.2) is 28.7 Å². The molecule has 3 aromatic rings. The van der Waals surface area contributed by atoms with Crippen LogP contribution >= 0.6 is 23.4 Å². The molecule has 1 amide bonds. The van der Waals surface area contributed by atoms with Crippen LogP contribution in [0.5, 0.6) is 0 Å². The molecule has 0 atom stereocenters. The van der Waals surface area contributed by atoms with Crippen molar-refractivity contribution in [2.24, 2.45) is 5.10 Å². The number of nitro benzene ring substituents is 1. The molecular weight excluding hydrogens is 506 g/mol. The van der Waals surface area contributed by atoms with Gasteiger partial charge < -0.3 is 9.30 Å². The maximum absolute atomic E-state index is 12.6. The molecule has 0 spiro atoms. The first kappa shape index (κ1) is 26.6. The van der Waals surface area contributed by atoms with Crippen LogP contribution in [-0.2, 0) is 22.7 Å². The molecule has 0 saturated carbocycles. The Morgan fingerprint density at radius 2 is 2.03 bits per heavy atom. The number of pyridine rings is 1. The molecule has 2 aromatic carbocycles. The highest BCUT2D eigenvalue weighted by Gasteiger charge is 2.16. The molecule has 12 heteroatoms. The van der Waals surface area contributed by atoms with E-state index in [1.165, 1.54) is 31.2 Å². The number of carbonyl (C=O) groups excluding carboxylic acids is 1. The number of carbonyl (C=O) groups is 1. The third-order valence-electron chi connectivity index (χ3n) is 4.93. The number of nitrogens with zero attached hydrogens (tertiary/aromatic N) is 4. The average Bonchev–Trinajstić information content (AvgIpc) is 2.84. The number of aryl methyl sites for hydroxylation is 1. The molecule has 0 aliphatic carbocycles. The van der Waals surface area contributed by atoms with Crippen LogP contribution in [0.1, 0.15) is 22.4 Å². The van der Waals surface area contributed by atoms with Crippen molar-refractivity contribution in [3.8, 4) is 6.07 Å². The summed E-state index contributed by atoms with van der Waals surface area (Å²) >= 11 is 7.11. The fourth-order valence-electron chi connectivity index (χ4n) is 3.25. The number of methoxy groups -OCH3 is 1. The molecule has 0 aliphatic heterocycles. The Morgan fingerprint density at radius 3 is 2.67 bits per heavy atom. The monoisotopic (exact) mass is 525 g/mol. The molecule has 36 heavy (non-hydrogen) atoms. The maximum atomic E-state index is 12.6. The van der Waals surface area contributed by atoms with E-state index in [9.17, 15) is 25.0 Å². The molecule has 10 nitrogen and oxygen atoms in total. The first-order chi connectivity index (χ1) is 17.2. The number of rotatable bonds is 9. The van der Waals surface area contributed by atoms with Gasteiger partial charge in [-0.15, -0.1) is 0 Å². The standard InChI is InChI=1S/C24H20ClN5O5S/c1-15-9-17(14-35-2)20(11-26)24(32)29(15)13-23(31)28-27-12-16-3-8-22(21(10-16)30(33)34)36-19-6-4-18(25)5-7-19/h3-10,12H,13-14H2,1-2H3,(H,28,31). The molecule has 0 fully saturated rings. The minimum absolute atomic E-state index is 0.0948. The Hall–Kier alpha value is -3.98. The lowest BCUT2D eigenvalue weighted by Gasteiger charge is -2.12. The largest absolute Gasteiger partial charge is 0.380 e. The van der Waals surface area contributed by atoms with Gasteiger partial charge in [0, 0.05) is 39.9 Å². The van der Waals surface area contributed by atoms with E-state index in [0.717, 1.165) is 9.46 Å². The lowest BCUT2D eigenvalue weighted by atomic mass is 10.1. The lowest BCUT2D eigenvalue weighted by molar-refractivity contribution is -0.387. The summed E-state index contributed by atoms with van der Waals surface area (Å²) in [6, 6.07) is 15.0. The summed E-state index contributed by atoms with van der Waals surface area (Å²) in [6.45, 7) is 1.38. The first-order valence-corrected chi connectivity index (χ1v) is 11.6. The molecule has 184 valence electrons. The van der Waals surface area contributed by atoms with E-state index >= 15 is 0 Å². The fourth-order valence-corrected chi connectivity index (χ4v) is 4.28. The van der Waals surface area contributed by atoms with E-state index in [-0.39, 0.29) is 24.4 Å². The van der Waals surface area contributed by atoms with Crippen molar-refractivity contribution in [3.05, 3.63) is 96.4 Å². The number of hydrogen-bond acceptors (Lipinski definition) is 8. The van der Waals surface area contributed by atoms with Crippen molar-refractivity contribution < 1.29 is 14.5 Å². The van der Waals surface area contributed by atoms with E-state index in [2.05, 4.69) is 10.5 Å². The zero-order valence-electron chi connectivity index (χ0n) is 19.2. The summed E-state index contributed by atoms with van der Waals surface area (Å²) in [7, 11) is 1.45. The number of benzene rings is 2. The Morgan fingerprint density at radius 1 is 1.31 bits per heavy atom. The topological polar surface area (TPSA) is 140 Å². The highest BCUT2D eigenvalue weighted by atomic mass is 35.5. The quantitative estimate of drug-likeness (QED) is 0.252. The number of nitro groups is 1. The van der Waals surface area contributed by atoms with Crippen LogP contribution in [0.25, 0.3) is 0 Å². The normalized spacial score (nSPS) is 10.8. The summed E-state index contributed by atoms with van der Waals surface area (Å²) in [4.78, 5) is 37.3. The van der Waals surface area contributed by atoms with Gasteiger partial charge in [0.1, 0.15) is 18.2 Å². The number of halogens is 1. The van der Waals surface area contributed by atoms with Gasteiger partial charge in [0.2, 0.25) is 0 Å². The van der Waals surface area contributed by atoms with Gasteiger partial charge in [0.05, 0.1) is 22.6 Å². The van der Waals surface area contributed by atoms with Crippen molar-refractivity contribution >= 4 is 41.2 Å². The second-order valence-corrected chi connectivity index (χ2v) is 9.01. The fraction of sp³-hybridized carbons (Fsp3) is 0.167. The first-order valence-electron chi connectivity index (χ1n) is 10.4. The summed E-state index contributed by atoms with van der Waals surface area (Å²) < 4.78 is 6.18. The van der Waals surface area contributed by atoms with E-state index in [0.29, 0.717) is 26.7 Å². The molecule has 0 aliphatic rings. The third kappa shape index (κ3) is 6.57. The predicted molar refractivity (Wildman–Crippen MR) is 135 cm³/mol. The molecule has 1 heterocycles. The van der Waals surface area contributed by atoms with Crippen LogP contribution in [0, 0.1) is 28.4 Å². The molecule has 0 saturated heterocycles. The molecule has 1 aromatic heterocycles. The number of amides is 1. The second-order valence-electron chi connectivity index (χ2n) is 7.46. The van der Waals surface area contributed by atoms with E-state index < -0.39 is 16.4 Å². The van der Waals surface area contributed by atoms with E-state index in [1.54, 1.807) is 49.4 Å². The summed E-state index contributed by atoms with van der Waals surface area (Å²) in [6.07, 6.45) is 1.26. The average molecular weight is 526 g/mol. The van der Waals surface area contributed by atoms with Crippen molar-refractivity contribution in [2.75, 3.05) is 7.11 Å². The smallest absolute Gasteiger partial charge is 0.283 e. The Bertz CT molecular complexity index is 1430. The number of nitriles is 1. The second kappa shape index (κ2) is 12.1. The molecule has 3 rings (SSSR count). The zero-order chi connectivity index (χ0) is 26.2. The Labute approximate surface area is 215 Å². The minimum atomic E-state index is -0.607. The minimum Gasteiger partial charge on any atom is -0.380 e. The van der Waals surface area contributed by atoms with Crippen molar-refractivity contribution in [1.29, 1.82) is 5.26 Å². The van der Waals surface area contributed by atoms with Crippen molar-refractivity contribution in [2.45, 2.75) is 29.9 Å². The molecular formula is C24H20ClN5O5S. The summed E-state index contributed by atoms with van der Waals surface area (Å²) in [5.41, 5.74) is 2.80. The van der Waals surface area contributed by atoms with E-state index in [1.807, 2.05) is 6.07 Å². The molecule has 1 N–H and O–H groups in total. The van der Waals surface area contributed by atoms with Gasteiger partial charge in [-0.3, -0.25) is 19.7 Å². The van der Waals surface area contributed by atoms with Gasteiger partial charge in [0.15, 0.2) is 0 Å². The Balaban J connectivity index is 1.72. The number of hydrazone groups is 1. The van der Waals surface area contributed by atoms with Gasteiger partial charge in [0.25, 0.3) is 17.2 Å². The highest BCUT2D eigenvalue weighted by Crippen LogP contribution is 2.35. The van der Waals surface area contributed by atoms with Crippen LogP contribution in [0.15, 0.2) is 68.2 Å². The van der Waals surface area contributed by atoms with Crippen LogP contribution in [0.3, 0.4) is 0 Å². The van der Waals surface area contributed by atoms with E-state index in [4.69, 9.17) is 16.3 Å². The van der Waals surface area contributed by atoms with Crippen molar-refractivity contribution in [3.63, 3.8) is 0 Å². The van der Waals surface area contributed by atoms with Gasteiger partial charge in [-0.05, 0) is 43.3 Å².